The molecule has 0 unspecified atom stereocenters. The first kappa shape index (κ1) is 14.7. The molecule has 1 aromatic heterocycles. The highest BCUT2D eigenvalue weighted by atomic mass is 32.2. The van der Waals surface area contributed by atoms with Gasteiger partial charge in [-0.25, -0.2) is 8.42 Å². The number of rotatable bonds is 5. The topological polar surface area (TPSA) is 75.5 Å². The van der Waals surface area contributed by atoms with Crippen molar-refractivity contribution in [1.82, 2.24) is 14.7 Å². The number of aryl methyl sites for hydroxylation is 1. The van der Waals surface area contributed by atoms with E-state index in [1.54, 1.807) is 29.0 Å². The van der Waals surface area contributed by atoms with Crippen LogP contribution in [0, 0.1) is 0 Å². The Hall–Kier alpha value is -1.67. The summed E-state index contributed by atoms with van der Waals surface area (Å²) in [5.41, 5.74) is 0.774. The van der Waals surface area contributed by atoms with Crippen LogP contribution < -0.4 is 4.90 Å². The summed E-state index contributed by atoms with van der Waals surface area (Å²) < 4.78 is 24.4. The van der Waals surface area contributed by atoms with Gasteiger partial charge in [0.05, 0.1) is 24.2 Å². The van der Waals surface area contributed by atoms with E-state index in [4.69, 9.17) is 0 Å². The molecule has 8 heteroatoms. The molecule has 0 N–H and O–H groups in total. The summed E-state index contributed by atoms with van der Waals surface area (Å²) in [6.07, 6.45) is 3.44. The van der Waals surface area contributed by atoms with Gasteiger partial charge in [-0.2, -0.15) is 5.10 Å². The van der Waals surface area contributed by atoms with Crippen molar-refractivity contribution < 1.29 is 13.2 Å². The number of piperazine rings is 1. The van der Waals surface area contributed by atoms with Crippen LogP contribution in [0.3, 0.4) is 0 Å². The lowest BCUT2D eigenvalue weighted by molar-refractivity contribution is -0.121. The number of nitrogens with zero attached hydrogens (tertiary/aromatic N) is 4. The maximum Gasteiger partial charge on any atom is 0.241 e. The normalized spacial score (nSPS) is 17.4. The number of sulfone groups is 1. The smallest absolute Gasteiger partial charge is 0.241 e. The quantitative estimate of drug-likeness (QED) is 0.741. The van der Waals surface area contributed by atoms with E-state index in [1.165, 1.54) is 0 Å². The number of hydrogen-bond donors (Lipinski definition) is 0. The Morgan fingerprint density at radius 1 is 1.45 bits per heavy atom. The van der Waals surface area contributed by atoms with Gasteiger partial charge in [0, 0.05) is 38.3 Å². The molecule has 0 spiro atoms. The zero-order valence-electron chi connectivity index (χ0n) is 11.4. The molecule has 0 aliphatic carbocycles. The van der Waals surface area contributed by atoms with Crippen LogP contribution in [0.5, 0.6) is 0 Å². The van der Waals surface area contributed by atoms with Gasteiger partial charge in [-0.15, -0.1) is 0 Å². The SMILES string of the molecule is C=CS(=O)(=O)CCN1CCN(c2cnn(C)c2)C(=O)C1. The van der Waals surface area contributed by atoms with Gasteiger partial charge >= 0.3 is 0 Å². The fraction of sp³-hybridized carbons (Fsp3) is 0.500. The summed E-state index contributed by atoms with van der Waals surface area (Å²) in [5.74, 6) is -0.0447. The number of carbonyl (C=O) groups is 1. The highest BCUT2D eigenvalue weighted by Gasteiger charge is 2.26. The van der Waals surface area contributed by atoms with Gasteiger partial charge in [0.15, 0.2) is 9.84 Å². The first-order chi connectivity index (χ1) is 9.41. The van der Waals surface area contributed by atoms with E-state index in [1.807, 2.05) is 4.90 Å². The molecule has 0 aromatic carbocycles. The molecule has 1 aliphatic rings. The van der Waals surface area contributed by atoms with E-state index in [9.17, 15) is 13.2 Å². The van der Waals surface area contributed by atoms with E-state index in [2.05, 4.69) is 11.7 Å². The van der Waals surface area contributed by atoms with E-state index in [0.29, 0.717) is 19.6 Å². The molecule has 110 valence electrons. The first-order valence-corrected chi connectivity index (χ1v) is 7.99. The van der Waals surface area contributed by atoms with Gasteiger partial charge in [-0.1, -0.05) is 6.58 Å². The summed E-state index contributed by atoms with van der Waals surface area (Å²) in [7, 11) is -1.42. The van der Waals surface area contributed by atoms with Crippen molar-refractivity contribution in [1.29, 1.82) is 0 Å². The Morgan fingerprint density at radius 2 is 2.20 bits per heavy atom. The lowest BCUT2D eigenvalue weighted by Crippen LogP contribution is -2.51. The Morgan fingerprint density at radius 3 is 2.75 bits per heavy atom. The molecule has 1 amide bonds. The van der Waals surface area contributed by atoms with Gasteiger partial charge in [0.25, 0.3) is 0 Å². The van der Waals surface area contributed by atoms with E-state index in [-0.39, 0.29) is 18.2 Å². The Kier molecular flexibility index (Phi) is 4.24. The third-order valence-electron chi connectivity index (χ3n) is 3.25. The van der Waals surface area contributed by atoms with Crippen LogP contribution in [0.1, 0.15) is 0 Å². The average Bonchev–Trinajstić information content (AvgIpc) is 2.83. The predicted molar refractivity (Wildman–Crippen MR) is 76.0 cm³/mol. The fourth-order valence-electron chi connectivity index (χ4n) is 2.07. The maximum absolute atomic E-state index is 12.1. The third-order valence-corrected chi connectivity index (χ3v) is 4.51. The largest absolute Gasteiger partial charge is 0.307 e. The van der Waals surface area contributed by atoms with Crippen molar-refractivity contribution in [3.8, 4) is 0 Å². The second-order valence-electron chi connectivity index (χ2n) is 4.73. The van der Waals surface area contributed by atoms with E-state index in [0.717, 1.165) is 11.1 Å². The lowest BCUT2D eigenvalue weighted by Gasteiger charge is -2.33. The second kappa shape index (κ2) is 5.76. The summed E-state index contributed by atoms with van der Waals surface area (Å²) in [6.45, 7) is 5.03. The number of aromatic nitrogens is 2. The fourth-order valence-corrected chi connectivity index (χ4v) is 2.75. The van der Waals surface area contributed by atoms with Crippen molar-refractivity contribution >= 4 is 21.4 Å². The molecule has 0 bridgehead atoms. The number of hydrogen-bond acceptors (Lipinski definition) is 5. The summed E-state index contributed by atoms with van der Waals surface area (Å²) in [6, 6.07) is 0. The van der Waals surface area contributed by atoms with E-state index >= 15 is 0 Å². The number of anilines is 1. The van der Waals surface area contributed by atoms with Crippen LogP contribution in [0.2, 0.25) is 0 Å². The summed E-state index contributed by atoms with van der Waals surface area (Å²) in [4.78, 5) is 15.6. The minimum atomic E-state index is -3.21. The van der Waals surface area contributed by atoms with Crippen molar-refractivity contribution in [2.24, 2.45) is 7.05 Å². The molecule has 0 atom stereocenters. The zero-order chi connectivity index (χ0) is 14.8. The first-order valence-electron chi connectivity index (χ1n) is 6.28. The molecule has 2 rings (SSSR count). The Balaban J connectivity index is 1.92. The Labute approximate surface area is 118 Å². The highest BCUT2D eigenvalue weighted by molar-refractivity contribution is 7.94. The zero-order valence-corrected chi connectivity index (χ0v) is 12.2. The van der Waals surface area contributed by atoms with Gasteiger partial charge in [0.1, 0.15) is 0 Å². The van der Waals surface area contributed by atoms with Gasteiger partial charge in [-0.3, -0.25) is 14.4 Å². The minimum absolute atomic E-state index is 0.00330. The molecule has 20 heavy (non-hydrogen) atoms. The van der Waals surface area contributed by atoms with Crippen LogP contribution >= 0.6 is 0 Å². The third kappa shape index (κ3) is 3.45. The van der Waals surface area contributed by atoms with Crippen LogP contribution in [-0.2, 0) is 21.7 Å². The minimum Gasteiger partial charge on any atom is -0.307 e. The van der Waals surface area contributed by atoms with Crippen LogP contribution in [0.15, 0.2) is 24.4 Å². The molecular formula is C12H18N4O3S. The summed E-state index contributed by atoms with van der Waals surface area (Å²) in [5, 5.41) is 5.00. The molecule has 2 heterocycles. The van der Waals surface area contributed by atoms with Crippen molar-refractivity contribution in [2.45, 2.75) is 0 Å². The van der Waals surface area contributed by atoms with Crippen molar-refractivity contribution in [3.05, 3.63) is 24.4 Å². The van der Waals surface area contributed by atoms with Crippen LogP contribution in [-0.4, -0.2) is 60.9 Å². The van der Waals surface area contributed by atoms with Crippen molar-refractivity contribution in [2.75, 3.05) is 36.8 Å². The van der Waals surface area contributed by atoms with Gasteiger partial charge in [-0.05, 0) is 0 Å². The second-order valence-corrected chi connectivity index (χ2v) is 6.79. The summed E-state index contributed by atoms with van der Waals surface area (Å²) >= 11 is 0. The monoisotopic (exact) mass is 298 g/mol. The van der Waals surface area contributed by atoms with Crippen molar-refractivity contribution in [3.63, 3.8) is 0 Å². The predicted octanol–water partition coefficient (Wildman–Crippen LogP) is -0.373. The molecule has 7 nitrogen and oxygen atoms in total. The standard InChI is InChI=1S/C12H18N4O3S/c1-3-20(18,19)7-6-15-4-5-16(12(17)10-15)11-8-13-14(2)9-11/h3,8-9H,1,4-7,10H2,2H3. The van der Waals surface area contributed by atoms with E-state index < -0.39 is 9.84 Å². The van der Waals surface area contributed by atoms with Crippen LogP contribution in [0.25, 0.3) is 0 Å². The molecule has 1 fully saturated rings. The average molecular weight is 298 g/mol. The van der Waals surface area contributed by atoms with Crippen LogP contribution in [0.4, 0.5) is 5.69 Å². The highest BCUT2D eigenvalue weighted by Crippen LogP contribution is 2.15. The number of carbonyl (C=O) groups excluding carboxylic acids is 1. The molecule has 1 aliphatic heterocycles. The number of amides is 1. The maximum atomic E-state index is 12.1. The molecule has 0 saturated carbocycles. The lowest BCUT2D eigenvalue weighted by atomic mass is 10.3. The Bertz CT molecular complexity index is 608. The van der Waals surface area contributed by atoms with Gasteiger partial charge in [0.2, 0.25) is 5.91 Å². The molecule has 1 aromatic rings. The van der Waals surface area contributed by atoms with Gasteiger partial charge < -0.3 is 4.90 Å². The molecular weight excluding hydrogens is 280 g/mol. The molecule has 0 radical (unpaired) electrons. The molecule has 1 saturated heterocycles.